The van der Waals surface area contributed by atoms with Crippen molar-refractivity contribution in [2.75, 3.05) is 13.1 Å². The molecule has 106 valence electrons. The molecule has 1 saturated heterocycles. The van der Waals surface area contributed by atoms with Crippen LogP contribution in [0.25, 0.3) is 0 Å². The lowest BCUT2D eigenvalue weighted by atomic mass is 9.75. The summed E-state index contributed by atoms with van der Waals surface area (Å²) in [4.78, 5) is 12.5. The van der Waals surface area contributed by atoms with Crippen molar-refractivity contribution < 1.29 is 4.79 Å². The Morgan fingerprint density at radius 2 is 2.37 bits per heavy atom. The van der Waals surface area contributed by atoms with Gasteiger partial charge < -0.3 is 10.6 Å². The number of aromatic nitrogens is 2. The van der Waals surface area contributed by atoms with Crippen LogP contribution in [0.15, 0.2) is 6.20 Å². The standard InChI is InChI=1S/C14H24N4O/c1-10(2)14(5-6-15-9-14)13(19)16-7-12-8-18(4)17-11(12)3/h8,10,15H,5-7,9H2,1-4H3,(H,16,19). The summed E-state index contributed by atoms with van der Waals surface area (Å²) in [5.74, 6) is 0.508. The molecule has 0 radical (unpaired) electrons. The van der Waals surface area contributed by atoms with E-state index in [9.17, 15) is 4.79 Å². The molecule has 1 amide bonds. The monoisotopic (exact) mass is 264 g/mol. The van der Waals surface area contributed by atoms with Gasteiger partial charge in [0.25, 0.3) is 0 Å². The fourth-order valence-electron chi connectivity index (χ4n) is 2.83. The maximum absolute atomic E-state index is 12.5. The van der Waals surface area contributed by atoms with Gasteiger partial charge in [-0.2, -0.15) is 5.10 Å². The maximum Gasteiger partial charge on any atom is 0.228 e. The van der Waals surface area contributed by atoms with Crippen LogP contribution in [0.4, 0.5) is 0 Å². The highest BCUT2D eigenvalue weighted by Crippen LogP contribution is 2.34. The third kappa shape index (κ3) is 2.66. The van der Waals surface area contributed by atoms with Gasteiger partial charge in [-0.05, 0) is 25.8 Å². The Kier molecular flexibility index (Phi) is 3.94. The van der Waals surface area contributed by atoms with Crippen LogP contribution < -0.4 is 10.6 Å². The first kappa shape index (κ1) is 14.1. The van der Waals surface area contributed by atoms with E-state index < -0.39 is 0 Å². The Hall–Kier alpha value is -1.36. The van der Waals surface area contributed by atoms with Gasteiger partial charge in [-0.25, -0.2) is 0 Å². The molecule has 2 heterocycles. The highest BCUT2D eigenvalue weighted by Gasteiger charge is 2.43. The Balaban J connectivity index is 2.02. The van der Waals surface area contributed by atoms with Crippen LogP contribution in [-0.2, 0) is 18.4 Å². The minimum absolute atomic E-state index is 0.163. The molecule has 0 aliphatic carbocycles. The zero-order chi connectivity index (χ0) is 14.0. The third-order valence-electron chi connectivity index (χ3n) is 4.30. The second-order valence-corrected chi connectivity index (χ2v) is 5.83. The molecule has 19 heavy (non-hydrogen) atoms. The average molecular weight is 264 g/mol. The minimum atomic E-state index is -0.254. The summed E-state index contributed by atoms with van der Waals surface area (Å²) >= 11 is 0. The van der Waals surface area contributed by atoms with E-state index in [2.05, 4.69) is 29.6 Å². The van der Waals surface area contributed by atoms with Crippen molar-refractivity contribution in [2.45, 2.75) is 33.7 Å². The molecule has 1 aromatic rings. The van der Waals surface area contributed by atoms with Crippen LogP contribution in [-0.4, -0.2) is 28.8 Å². The van der Waals surface area contributed by atoms with Crippen molar-refractivity contribution in [1.29, 1.82) is 0 Å². The van der Waals surface area contributed by atoms with Gasteiger partial charge in [0.2, 0.25) is 5.91 Å². The zero-order valence-electron chi connectivity index (χ0n) is 12.3. The first-order valence-electron chi connectivity index (χ1n) is 6.94. The summed E-state index contributed by atoms with van der Waals surface area (Å²) in [6, 6.07) is 0. The molecule has 2 rings (SSSR count). The number of nitrogens with zero attached hydrogens (tertiary/aromatic N) is 2. The van der Waals surface area contributed by atoms with Crippen LogP contribution in [0.1, 0.15) is 31.5 Å². The van der Waals surface area contributed by atoms with Gasteiger partial charge in [0.05, 0.1) is 11.1 Å². The van der Waals surface area contributed by atoms with Gasteiger partial charge in [0, 0.05) is 31.9 Å². The summed E-state index contributed by atoms with van der Waals surface area (Å²) in [5.41, 5.74) is 1.81. The Bertz CT molecular complexity index is 458. The Labute approximate surface area is 114 Å². The van der Waals surface area contributed by atoms with Gasteiger partial charge in [0.15, 0.2) is 0 Å². The molecule has 0 bridgehead atoms. The van der Waals surface area contributed by atoms with Crippen LogP contribution in [0, 0.1) is 18.3 Å². The van der Waals surface area contributed by atoms with Crippen LogP contribution in [0.3, 0.4) is 0 Å². The van der Waals surface area contributed by atoms with Crippen molar-refractivity contribution in [3.8, 4) is 0 Å². The van der Waals surface area contributed by atoms with Crippen LogP contribution in [0.2, 0.25) is 0 Å². The number of carbonyl (C=O) groups excluding carboxylic acids is 1. The van der Waals surface area contributed by atoms with E-state index in [1.807, 2.05) is 20.2 Å². The maximum atomic E-state index is 12.5. The molecule has 1 unspecified atom stereocenters. The zero-order valence-corrected chi connectivity index (χ0v) is 12.3. The summed E-state index contributed by atoms with van der Waals surface area (Å²) in [5, 5.41) is 10.7. The lowest BCUT2D eigenvalue weighted by Crippen LogP contribution is -2.45. The molecule has 0 spiro atoms. The quantitative estimate of drug-likeness (QED) is 0.852. The highest BCUT2D eigenvalue weighted by molar-refractivity contribution is 5.83. The van der Waals surface area contributed by atoms with E-state index >= 15 is 0 Å². The summed E-state index contributed by atoms with van der Waals surface area (Å²) in [7, 11) is 1.90. The second-order valence-electron chi connectivity index (χ2n) is 5.83. The molecule has 2 N–H and O–H groups in total. The second kappa shape index (κ2) is 5.33. The largest absolute Gasteiger partial charge is 0.351 e. The fraction of sp³-hybridized carbons (Fsp3) is 0.714. The molecular weight excluding hydrogens is 240 g/mol. The summed E-state index contributed by atoms with van der Waals surface area (Å²) in [6.07, 6.45) is 2.88. The predicted octanol–water partition coefficient (Wildman–Crippen LogP) is 0.980. The van der Waals surface area contributed by atoms with Gasteiger partial charge in [-0.15, -0.1) is 0 Å². The van der Waals surface area contributed by atoms with Crippen molar-refractivity contribution in [3.05, 3.63) is 17.5 Å². The smallest absolute Gasteiger partial charge is 0.228 e. The SMILES string of the molecule is Cc1nn(C)cc1CNC(=O)C1(C(C)C)CCNC1. The summed E-state index contributed by atoms with van der Waals surface area (Å²) < 4.78 is 1.78. The Morgan fingerprint density at radius 1 is 1.63 bits per heavy atom. The summed E-state index contributed by atoms with van der Waals surface area (Å²) in [6.45, 7) is 8.49. The van der Waals surface area contributed by atoms with Crippen molar-refractivity contribution in [3.63, 3.8) is 0 Å². The molecule has 5 heteroatoms. The van der Waals surface area contributed by atoms with Gasteiger partial charge in [0.1, 0.15) is 0 Å². The number of nitrogens with one attached hydrogen (secondary N) is 2. The Morgan fingerprint density at radius 3 is 2.84 bits per heavy atom. The molecule has 1 atom stereocenters. The van der Waals surface area contributed by atoms with E-state index in [4.69, 9.17) is 0 Å². The highest BCUT2D eigenvalue weighted by atomic mass is 16.2. The molecule has 0 aromatic carbocycles. The topological polar surface area (TPSA) is 59.0 Å². The van der Waals surface area contributed by atoms with Crippen molar-refractivity contribution >= 4 is 5.91 Å². The fourth-order valence-corrected chi connectivity index (χ4v) is 2.83. The number of rotatable bonds is 4. The molecule has 1 aliphatic rings. The van der Waals surface area contributed by atoms with Crippen molar-refractivity contribution in [1.82, 2.24) is 20.4 Å². The number of carbonyl (C=O) groups is 1. The molecule has 1 aromatic heterocycles. The van der Waals surface area contributed by atoms with E-state index in [-0.39, 0.29) is 11.3 Å². The molecule has 5 nitrogen and oxygen atoms in total. The first-order chi connectivity index (χ1) is 8.95. The van der Waals surface area contributed by atoms with E-state index in [0.29, 0.717) is 12.5 Å². The lowest BCUT2D eigenvalue weighted by Gasteiger charge is -2.31. The van der Waals surface area contributed by atoms with Gasteiger partial charge >= 0.3 is 0 Å². The average Bonchev–Trinajstić information content (AvgIpc) is 2.94. The lowest BCUT2D eigenvalue weighted by molar-refractivity contribution is -0.132. The minimum Gasteiger partial charge on any atom is -0.351 e. The number of hydrogen-bond acceptors (Lipinski definition) is 3. The molecular formula is C14H24N4O. The molecule has 1 fully saturated rings. The van der Waals surface area contributed by atoms with E-state index in [1.54, 1.807) is 4.68 Å². The first-order valence-corrected chi connectivity index (χ1v) is 6.94. The predicted molar refractivity (Wildman–Crippen MR) is 74.5 cm³/mol. The van der Waals surface area contributed by atoms with Crippen LogP contribution in [0.5, 0.6) is 0 Å². The van der Waals surface area contributed by atoms with Crippen LogP contribution >= 0.6 is 0 Å². The number of hydrogen-bond donors (Lipinski definition) is 2. The molecule has 1 aliphatic heterocycles. The molecule has 0 saturated carbocycles. The van der Waals surface area contributed by atoms with E-state index in [0.717, 1.165) is 30.8 Å². The van der Waals surface area contributed by atoms with E-state index in [1.165, 1.54) is 0 Å². The van der Waals surface area contributed by atoms with Gasteiger partial charge in [-0.3, -0.25) is 9.48 Å². The number of amides is 1. The normalized spacial score (nSPS) is 23.0. The third-order valence-corrected chi connectivity index (χ3v) is 4.30. The number of aryl methyl sites for hydroxylation is 2. The van der Waals surface area contributed by atoms with Gasteiger partial charge in [-0.1, -0.05) is 13.8 Å². The van der Waals surface area contributed by atoms with Crippen molar-refractivity contribution in [2.24, 2.45) is 18.4 Å².